The average molecular weight is 420 g/mol. The zero-order valence-corrected chi connectivity index (χ0v) is 17.8. The maximum atomic E-state index is 13.0. The molecule has 1 saturated heterocycles. The van der Waals surface area contributed by atoms with Crippen molar-refractivity contribution >= 4 is 28.3 Å². The highest BCUT2D eigenvalue weighted by Gasteiger charge is 2.27. The fourth-order valence-electron chi connectivity index (χ4n) is 2.90. The molecule has 1 aliphatic rings. The van der Waals surface area contributed by atoms with E-state index in [0.717, 1.165) is 25.7 Å². The van der Waals surface area contributed by atoms with Gasteiger partial charge in [0, 0.05) is 25.7 Å². The summed E-state index contributed by atoms with van der Waals surface area (Å²) < 4.78 is 32.7. The Bertz CT molecular complexity index is 719. The first kappa shape index (κ1) is 23.7. The minimum atomic E-state index is -3.62. The van der Waals surface area contributed by atoms with Gasteiger partial charge in [0.25, 0.3) is 5.91 Å². The van der Waals surface area contributed by atoms with Crippen molar-refractivity contribution in [3.8, 4) is 5.75 Å². The van der Waals surface area contributed by atoms with Gasteiger partial charge in [-0.1, -0.05) is 12.8 Å². The standard InChI is InChI=1S/C18H29N3O4S.ClH/c1-14(19-2)13-20-18(22)16-12-15(8-9-17(16)25-3)26(23,24)21-10-6-4-5-7-11-21;/h8-9,12,14,19H,4-7,10-11,13H2,1-3H3,(H,20,22);1H. The van der Waals surface area contributed by atoms with Gasteiger partial charge in [0.1, 0.15) is 5.75 Å². The molecule has 1 aliphatic heterocycles. The summed E-state index contributed by atoms with van der Waals surface area (Å²) in [5.41, 5.74) is 0.228. The molecule has 0 aromatic heterocycles. The van der Waals surface area contributed by atoms with Crippen LogP contribution in [0, 0.1) is 0 Å². The lowest BCUT2D eigenvalue weighted by molar-refractivity contribution is 0.0947. The van der Waals surface area contributed by atoms with Crippen LogP contribution in [-0.4, -0.2) is 58.5 Å². The Morgan fingerprint density at radius 1 is 1.22 bits per heavy atom. The molecule has 1 unspecified atom stereocenters. The van der Waals surface area contributed by atoms with Crippen LogP contribution in [0.4, 0.5) is 0 Å². The third-order valence-corrected chi connectivity index (χ3v) is 6.57. The van der Waals surface area contributed by atoms with Crippen molar-refractivity contribution < 1.29 is 17.9 Å². The largest absolute Gasteiger partial charge is 0.496 e. The number of benzene rings is 1. The number of likely N-dealkylation sites (N-methyl/N-ethyl adjacent to an activating group) is 1. The number of methoxy groups -OCH3 is 1. The number of carbonyl (C=O) groups is 1. The summed E-state index contributed by atoms with van der Waals surface area (Å²) in [7, 11) is -0.342. The molecule has 2 rings (SSSR count). The van der Waals surface area contributed by atoms with Gasteiger partial charge in [-0.05, 0) is 45.0 Å². The lowest BCUT2D eigenvalue weighted by atomic mass is 10.2. The van der Waals surface area contributed by atoms with Gasteiger partial charge in [-0.25, -0.2) is 8.42 Å². The number of carbonyl (C=O) groups excluding carboxylic acids is 1. The molecule has 1 aromatic carbocycles. The Kier molecular flexibility index (Phi) is 9.52. The van der Waals surface area contributed by atoms with Gasteiger partial charge < -0.3 is 15.4 Å². The molecular formula is C18H30ClN3O4S. The van der Waals surface area contributed by atoms with Crippen LogP contribution in [-0.2, 0) is 10.0 Å². The van der Waals surface area contributed by atoms with Crippen LogP contribution < -0.4 is 15.4 Å². The van der Waals surface area contributed by atoms with Gasteiger partial charge in [0.15, 0.2) is 0 Å². The Labute approximate surface area is 168 Å². The van der Waals surface area contributed by atoms with Crippen molar-refractivity contribution in [1.82, 2.24) is 14.9 Å². The predicted octanol–water partition coefficient (Wildman–Crippen LogP) is 2.02. The maximum absolute atomic E-state index is 13.0. The number of hydrogen-bond acceptors (Lipinski definition) is 5. The van der Waals surface area contributed by atoms with Crippen LogP contribution in [0.2, 0.25) is 0 Å². The molecule has 0 bridgehead atoms. The third kappa shape index (κ3) is 6.07. The Hall–Kier alpha value is -1.35. The highest BCUT2D eigenvalue weighted by Crippen LogP contribution is 2.26. The molecule has 0 radical (unpaired) electrons. The second-order valence-electron chi connectivity index (χ2n) is 6.58. The van der Waals surface area contributed by atoms with E-state index in [1.54, 1.807) is 6.07 Å². The molecule has 7 nitrogen and oxygen atoms in total. The van der Waals surface area contributed by atoms with Crippen LogP contribution in [0.25, 0.3) is 0 Å². The molecule has 1 aromatic rings. The van der Waals surface area contributed by atoms with Crippen molar-refractivity contribution in [2.45, 2.75) is 43.5 Å². The second kappa shape index (κ2) is 10.8. The fraction of sp³-hybridized carbons (Fsp3) is 0.611. The van der Waals surface area contributed by atoms with E-state index >= 15 is 0 Å². The van der Waals surface area contributed by atoms with E-state index in [-0.39, 0.29) is 34.8 Å². The Balaban J connectivity index is 0.00000364. The predicted molar refractivity (Wildman–Crippen MR) is 108 cm³/mol. The molecule has 0 spiro atoms. The van der Waals surface area contributed by atoms with Crippen LogP contribution in [0.5, 0.6) is 5.75 Å². The summed E-state index contributed by atoms with van der Waals surface area (Å²) in [4.78, 5) is 12.7. The number of halogens is 1. The summed E-state index contributed by atoms with van der Waals surface area (Å²) in [6, 6.07) is 4.57. The lowest BCUT2D eigenvalue weighted by Gasteiger charge is -2.21. The van der Waals surface area contributed by atoms with Crippen LogP contribution in [0.1, 0.15) is 43.0 Å². The van der Waals surface area contributed by atoms with Crippen molar-refractivity contribution in [1.29, 1.82) is 0 Å². The zero-order valence-electron chi connectivity index (χ0n) is 16.2. The SMILES string of the molecule is CNC(C)CNC(=O)c1cc(S(=O)(=O)N2CCCCCC2)ccc1OC.Cl. The fourth-order valence-corrected chi connectivity index (χ4v) is 4.44. The summed E-state index contributed by atoms with van der Waals surface area (Å²) in [6.07, 6.45) is 3.83. The van der Waals surface area contributed by atoms with Crippen molar-refractivity contribution in [3.05, 3.63) is 23.8 Å². The maximum Gasteiger partial charge on any atom is 0.255 e. The van der Waals surface area contributed by atoms with Gasteiger partial charge >= 0.3 is 0 Å². The molecule has 154 valence electrons. The molecule has 1 fully saturated rings. The smallest absolute Gasteiger partial charge is 0.255 e. The van der Waals surface area contributed by atoms with E-state index in [1.165, 1.54) is 23.5 Å². The number of rotatable bonds is 7. The van der Waals surface area contributed by atoms with Gasteiger partial charge in [-0.15, -0.1) is 12.4 Å². The number of sulfonamides is 1. The van der Waals surface area contributed by atoms with Crippen LogP contribution in [0.15, 0.2) is 23.1 Å². The van der Waals surface area contributed by atoms with E-state index in [9.17, 15) is 13.2 Å². The van der Waals surface area contributed by atoms with Crippen LogP contribution >= 0.6 is 12.4 Å². The minimum absolute atomic E-state index is 0. The summed E-state index contributed by atoms with van der Waals surface area (Å²) in [5, 5.41) is 5.84. The number of ether oxygens (including phenoxy) is 1. The van der Waals surface area contributed by atoms with E-state index in [1.807, 2.05) is 14.0 Å². The normalized spacial score (nSPS) is 16.7. The van der Waals surface area contributed by atoms with Crippen molar-refractivity contribution in [2.24, 2.45) is 0 Å². The average Bonchev–Trinajstić information content (AvgIpc) is 2.95. The molecule has 1 amide bonds. The quantitative estimate of drug-likeness (QED) is 0.705. The molecule has 2 N–H and O–H groups in total. The lowest BCUT2D eigenvalue weighted by Crippen LogP contribution is -2.37. The third-order valence-electron chi connectivity index (χ3n) is 4.68. The Morgan fingerprint density at radius 2 is 1.85 bits per heavy atom. The minimum Gasteiger partial charge on any atom is -0.496 e. The van der Waals surface area contributed by atoms with E-state index < -0.39 is 10.0 Å². The first-order valence-corrected chi connectivity index (χ1v) is 10.5. The molecule has 0 saturated carbocycles. The second-order valence-corrected chi connectivity index (χ2v) is 8.52. The number of nitrogens with one attached hydrogen (secondary N) is 2. The van der Waals surface area contributed by atoms with Gasteiger partial charge in [0.2, 0.25) is 10.0 Å². The molecule has 27 heavy (non-hydrogen) atoms. The van der Waals surface area contributed by atoms with Crippen LogP contribution in [0.3, 0.4) is 0 Å². The molecule has 9 heteroatoms. The molecule has 0 aliphatic carbocycles. The van der Waals surface area contributed by atoms with E-state index in [0.29, 0.717) is 25.4 Å². The van der Waals surface area contributed by atoms with Crippen molar-refractivity contribution in [2.75, 3.05) is 33.8 Å². The van der Waals surface area contributed by atoms with Gasteiger partial charge in [0.05, 0.1) is 17.6 Å². The number of amides is 1. The summed E-state index contributed by atoms with van der Waals surface area (Å²) in [6.45, 7) is 3.42. The van der Waals surface area contributed by atoms with E-state index in [4.69, 9.17) is 4.74 Å². The number of hydrogen-bond donors (Lipinski definition) is 2. The number of nitrogens with zero attached hydrogens (tertiary/aromatic N) is 1. The van der Waals surface area contributed by atoms with Gasteiger partial charge in [-0.2, -0.15) is 4.31 Å². The first-order valence-electron chi connectivity index (χ1n) is 9.03. The van der Waals surface area contributed by atoms with Gasteiger partial charge in [-0.3, -0.25) is 4.79 Å². The zero-order chi connectivity index (χ0) is 19.2. The first-order chi connectivity index (χ1) is 12.4. The highest BCUT2D eigenvalue weighted by molar-refractivity contribution is 7.89. The van der Waals surface area contributed by atoms with E-state index in [2.05, 4.69) is 10.6 Å². The monoisotopic (exact) mass is 419 g/mol. The topological polar surface area (TPSA) is 87.7 Å². The molecule has 1 heterocycles. The van der Waals surface area contributed by atoms with Crippen molar-refractivity contribution in [3.63, 3.8) is 0 Å². The Morgan fingerprint density at radius 3 is 2.41 bits per heavy atom. The summed E-state index contributed by atoms with van der Waals surface area (Å²) in [5.74, 6) is 0.00583. The molecule has 1 atom stereocenters. The highest BCUT2D eigenvalue weighted by atomic mass is 35.5. The molecular weight excluding hydrogens is 390 g/mol. The summed E-state index contributed by atoms with van der Waals surface area (Å²) >= 11 is 0.